The summed E-state index contributed by atoms with van der Waals surface area (Å²) in [4.78, 5) is 0. The average molecular weight is 231 g/mol. The third kappa shape index (κ3) is 7.90. The van der Waals surface area contributed by atoms with Crippen LogP contribution in [0.3, 0.4) is 0 Å². The van der Waals surface area contributed by atoms with E-state index in [0.29, 0.717) is 0 Å². The predicted octanol–water partition coefficient (Wildman–Crippen LogP) is 5.70. The van der Waals surface area contributed by atoms with Gasteiger partial charge in [-0.25, -0.2) is 0 Å². The molecule has 0 aliphatic carbocycles. The van der Waals surface area contributed by atoms with Gasteiger partial charge in [0.2, 0.25) is 0 Å². The number of hydrogen-bond donors (Lipinski definition) is 0. The molecule has 1 heteroatoms. The van der Waals surface area contributed by atoms with Gasteiger partial charge in [0.05, 0.1) is 0 Å². The van der Waals surface area contributed by atoms with Crippen LogP contribution >= 0.6 is 11.6 Å². The minimum Gasteiger partial charge on any atom is -0.122 e. The third-order valence-electron chi connectivity index (χ3n) is 3.00. The lowest BCUT2D eigenvalue weighted by atomic mass is 10.00. The molecule has 0 nitrogen and oxygen atoms in total. The van der Waals surface area contributed by atoms with Gasteiger partial charge in [-0.2, -0.15) is 0 Å². The van der Waals surface area contributed by atoms with Crippen molar-refractivity contribution in [2.24, 2.45) is 0 Å². The Morgan fingerprint density at radius 2 is 1.40 bits per heavy atom. The van der Waals surface area contributed by atoms with Crippen molar-refractivity contribution in [2.45, 2.75) is 72.1 Å². The van der Waals surface area contributed by atoms with Crippen molar-refractivity contribution in [1.29, 1.82) is 0 Å². The zero-order valence-corrected chi connectivity index (χ0v) is 11.5. The summed E-state index contributed by atoms with van der Waals surface area (Å²) in [5.74, 6) is 0.738. The molecule has 0 unspecified atom stereocenters. The molecule has 15 heavy (non-hydrogen) atoms. The Hall–Kier alpha value is 0.0300. The highest BCUT2D eigenvalue weighted by Gasteiger charge is 2.01. The molecule has 0 atom stereocenters. The number of rotatable bonds is 9. The molecule has 0 N–H and O–H groups in total. The summed E-state index contributed by atoms with van der Waals surface area (Å²) < 4.78 is 0. The first-order valence-electron chi connectivity index (χ1n) is 6.49. The van der Waals surface area contributed by atoms with Crippen molar-refractivity contribution in [3.8, 4) is 0 Å². The van der Waals surface area contributed by atoms with Crippen LogP contribution in [0.15, 0.2) is 11.1 Å². The monoisotopic (exact) mass is 230 g/mol. The summed E-state index contributed by atoms with van der Waals surface area (Å²) in [5.41, 5.74) is 3.05. The average Bonchev–Trinajstić information content (AvgIpc) is 2.24. The van der Waals surface area contributed by atoms with E-state index in [2.05, 4.69) is 20.8 Å². The lowest BCUT2D eigenvalue weighted by molar-refractivity contribution is 0.687. The number of unbranched alkanes of at least 4 members (excludes halogenated alkanes) is 4. The molecule has 0 spiro atoms. The molecule has 0 saturated heterocycles. The van der Waals surface area contributed by atoms with Crippen LogP contribution in [0, 0.1) is 0 Å². The molecule has 0 aliphatic heterocycles. The van der Waals surface area contributed by atoms with Crippen LogP contribution in [-0.2, 0) is 0 Å². The molecule has 0 aromatic carbocycles. The van der Waals surface area contributed by atoms with Gasteiger partial charge in [0.1, 0.15) is 0 Å². The van der Waals surface area contributed by atoms with Crippen molar-refractivity contribution in [3.05, 3.63) is 11.1 Å². The number of allylic oxidation sites excluding steroid dienone is 2. The maximum atomic E-state index is 6.00. The highest BCUT2D eigenvalue weighted by atomic mass is 35.5. The van der Waals surface area contributed by atoms with E-state index in [-0.39, 0.29) is 0 Å². The first kappa shape index (κ1) is 15.0. The molecule has 0 bridgehead atoms. The Kier molecular flexibility index (Phi) is 10.6. The van der Waals surface area contributed by atoms with E-state index in [0.717, 1.165) is 5.88 Å². The van der Waals surface area contributed by atoms with Crippen LogP contribution in [0.2, 0.25) is 0 Å². The molecule has 0 saturated carbocycles. The lowest BCUT2D eigenvalue weighted by Crippen LogP contribution is -1.92. The first-order valence-corrected chi connectivity index (χ1v) is 7.03. The largest absolute Gasteiger partial charge is 0.122 e. The fourth-order valence-corrected chi connectivity index (χ4v) is 2.16. The molecule has 0 fully saturated rings. The van der Waals surface area contributed by atoms with Crippen LogP contribution in [0.1, 0.15) is 72.1 Å². The molecular weight excluding hydrogens is 204 g/mol. The van der Waals surface area contributed by atoms with Gasteiger partial charge in [0.15, 0.2) is 0 Å². The van der Waals surface area contributed by atoms with E-state index in [9.17, 15) is 0 Å². The molecular formula is C14H27Cl. The summed E-state index contributed by atoms with van der Waals surface area (Å²) in [6.07, 6.45) is 10.4. The van der Waals surface area contributed by atoms with E-state index < -0.39 is 0 Å². The molecule has 0 amide bonds. The zero-order valence-electron chi connectivity index (χ0n) is 10.7. The predicted molar refractivity (Wildman–Crippen MR) is 71.7 cm³/mol. The van der Waals surface area contributed by atoms with Crippen molar-refractivity contribution in [1.82, 2.24) is 0 Å². The summed E-state index contributed by atoms with van der Waals surface area (Å²) in [6.45, 7) is 6.76. The second-order valence-corrected chi connectivity index (χ2v) is 4.70. The topological polar surface area (TPSA) is 0 Å². The van der Waals surface area contributed by atoms with Gasteiger partial charge in [0, 0.05) is 5.88 Å². The highest BCUT2D eigenvalue weighted by molar-refractivity contribution is 6.19. The quantitative estimate of drug-likeness (QED) is 0.271. The van der Waals surface area contributed by atoms with Crippen molar-refractivity contribution in [2.75, 3.05) is 5.88 Å². The van der Waals surface area contributed by atoms with Gasteiger partial charge in [-0.3, -0.25) is 0 Å². The second kappa shape index (κ2) is 10.5. The maximum absolute atomic E-state index is 6.00. The fourth-order valence-electron chi connectivity index (χ4n) is 1.80. The van der Waals surface area contributed by atoms with Gasteiger partial charge in [-0.05, 0) is 32.6 Å². The minimum atomic E-state index is 0.738. The Morgan fingerprint density at radius 3 is 1.87 bits per heavy atom. The maximum Gasteiger partial charge on any atom is 0.0436 e. The van der Waals surface area contributed by atoms with Gasteiger partial charge in [-0.1, -0.05) is 50.7 Å². The van der Waals surface area contributed by atoms with Crippen LogP contribution in [0.25, 0.3) is 0 Å². The van der Waals surface area contributed by atoms with Crippen LogP contribution in [-0.4, -0.2) is 5.88 Å². The van der Waals surface area contributed by atoms with E-state index in [1.165, 1.54) is 56.9 Å². The number of hydrogen-bond acceptors (Lipinski definition) is 0. The number of alkyl halides is 1. The third-order valence-corrected chi connectivity index (χ3v) is 3.32. The van der Waals surface area contributed by atoms with E-state index in [4.69, 9.17) is 11.6 Å². The summed E-state index contributed by atoms with van der Waals surface area (Å²) in [7, 11) is 0. The Morgan fingerprint density at radius 1 is 0.867 bits per heavy atom. The molecule has 0 aromatic heterocycles. The lowest BCUT2D eigenvalue weighted by Gasteiger charge is -2.09. The van der Waals surface area contributed by atoms with Gasteiger partial charge in [-0.15, -0.1) is 11.6 Å². The van der Waals surface area contributed by atoms with E-state index >= 15 is 0 Å². The number of halogens is 1. The van der Waals surface area contributed by atoms with Crippen LogP contribution in [0.4, 0.5) is 0 Å². The second-order valence-electron chi connectivity index (χ2n) is 4.43. The van der Waals surface area contributed by atoms with Crippen LogP contribution < -0.4 is 0 Å². The Balaban J connectivity index is 3.90. The van der Waals surface area contributed by atoms with Gasteiger partial charge in [0.25, 0.3) is 0 Å². The zero-order chi connectivity index (χ0) is 11.5. The molecule has 0 rings (SSSR count). The van der Waals surface area contributed by atoms with E-state index in [1.807, 2.05) is 0 Å². The summed E-state index contributed by atoms with van der Waals surface area (Å²) >= 11 is 6.00. The fraction of sp³-hybridized carbons (Fsp3) is 0.857. The smallest absolute Gasteiger partial charge is 0.0436 e. The van der Waals surface area contributed by atoms with Crippen LogP contribution in [0.5, 0.6) is 0 Å². The normalized spacial score (nSPS) is 12.8. The molecule has 0 aromatic rings. The Bertz CT molecular complexity index is 170. The summed E-state index contributed by atoms with van der Waals surface area (Å²) in [6, 6.07) is 0. The SMILES string of the molecule is CCCCC/C(C)=C(\CCl)CCCCC. The minimum absolute atomic E-state index is 0.738. The molecule has 0 radical (unpaired) electrons. The molecule has 0 heterocycles. The van der Waals surface area contributed by atoms with Gasteiger partial charge < -0.3 is 0 Å². The molecule has 90 valence electrons. The first-order chi connectivity index (χ1) is 7.26. The Labute approximate surface area is 101 Å². The standard InChI is InChI=1S/C14H27Cl/c1-4-6-8-10-13(3)14(12-15)11-9-7-5-2/h4-12H2,1-3H3/b14-13-. The van der Waals surface area contributed by atoms with Crippen molar-refractivity contribution >= 4 is 11.6 Å². The van der Waals surface area contributed by atoms with E-state index in [1.54, 1.807) is 5.57 Å². The molecule has 0 aliphatic rings. The van der Waals surface area contributed by atoms with Crippen molar-refractivity contribution in [3.63, 3.8) is 0 Å². The highest BCUT2D eigenvalue weighted by Crippen LogP contribution is 2.19. The van der Waals surface area contributed by atoms with Crippen molar-refractivity contribution < 1.29 is 0 Å². The van der Waals surface area contributed by atoms with Gasteiger partial charge >= 0.3 is 0 Å². The summed E-state index contributed by atoms with van der Waals surface area (Å²) in [5, 5.41) is 0.